The summed E-state index contributed by atoms with van der Waals surface area (Å²) in [4.78, 5) is 20.3. The summed E-state index contributed by atoms with van der Waals surface area (Å²) in [5.41, 5.74) is 7.16. The van der Waals surface area contributed by atoms with Crippen molar-refractivity contribution in [1.82, 2.24) is 9.97 Å². The van der Waals surface area contributed by atoms with Gasteiger partial charge < -0.3 is 11.1 Å². The van der Waals surface area contributed by atoms with Gasteiger partial charge in [-0.05, 0) is 36.8 Å². The minimum Gasteiger partial charge on any atom is -0.320 e. The molecule has 100 valence electrons. The van der Waals surface area contributed by atoms with Crippen LogP contribution >= 0.6 is 0 Å². The lowest BCUT2D eigenvalue weighted by atomic mass is 10.2. The molecule has 0 spiro atoms. The molecule has 0 aromatic carbocycles. The highest BCUT2D eigenvalue weighted by atomic mass is 16.1. The van der Waals surface area contributed by atoms with Crippen LogP contribution in [0, 0.1) is 18.8 Å². The van der Waals surface area contributed by atoms with Gasteiger partial charge in [-0.25, -0.2) is 9.97 Å². The number of aromatic nitrogens is 2. The molecular formula is C15H14N4O. The highest BCUT2D eigenvalue weighted by Crippen LogP contribution is 2.09. The van der Waals surface area contributed by atoms with E-state index in [2.05, 4.69) is 27.1 Å². The van der Waals surface area contributed by atoms with Crippen LogP contribution in [0.15, 0.2) is 36.7 Å². The molecule has 0 aliphatic heterocycles. The lowest BCUT2D eigenvalue weighted by Crippen LogP contribution is -2.16. The highest BCUT2D eigenvalue weighted by molar-refractivity contribution is 6.04. The third-order valence-electron chi connectivity index (χ3n) is 2.50. The Morgan fingerprint density at radius 1 is 1.35 bits per heavy atom. The number of nitrogens with one attached hydrogen (secondary N) is 1. The number of hydrogen-bond acceptors (Lipinski definition) is 4. The Kier molecular flexibility index (Phi) is 4.43. The van der Waals surface area contributed by atoms with Gasteiger partial charge in [-0.3, -0.25) is 4.79 Å². The largest absolute Gasteiger partial charge is 0.320 e. The number of nitrogens with two attached hydrogens (primary N) is 1. The molecule has 0 saturated carbocycles. The fraction of sp³-hybridized carbons (Fsp3) is 0.133. The molecule has 0 aliphatic rings. The van der Waals surface area contributed by atoms with Crippen LogP contribution in [0.25, 0.3) is 0 Å². The molecule has 0 aliphatic carbocycles. The fourth-order valence-electron chi connectivity index (χ4n) is 1.61. The highest BCUT2D eigenvalue weighted by Gasteiger charge is 2.12. The Morgan fingerprint density at radius 2 is 2.20 bits per heavy atom. The molecule has 2 aromatic rings. The van der Waals surface area contributed by atoms with Gasteiger partial charge >= 0.3 is 0 Å². The second-order valence-corrected chi connectivity index (χ2v) is 4.08. The predicted octanol–water partition coefficient (Wildman–Crippen LogP) is 1.35. The van der Waals surface area contributed by atoms with Crippen LogP contribution in [-0.4, -0.2) is 22.4 Å². The number of carbonyl (C=O) groups is 1. The third kappa shape index (κ3) is 3.40. The Hall–Kier alpha value is -2.71. The van der Waals surface area contributed by atoms with Crippen LogP contribution in [0.3, 0.4) is 0 Å². The van der Waals surface area contributed by atoms with Gasteiger partial charge in [0, 0.05) is 12.4 Å². The van der Waals surface area contributed by atoms with Crippen molar-refractivity contribution in [1.29, 1.82) is 0 Å². The summed E-state index contributed by atoms with van der Waals surface area (Å²) < 4.78 is 0. The number of carbonyl (C=O) groups excluding carboxylic acids is 1. The maximum Gasteiger partial charge on any atom is 0.276 e. The zero-order valence-electron chi connectivity index (χ0n) is 11.1. The lowest BCUT2D eigenvalue weighted by molar-refractivity contribution is 0.102. The van der Waals surface area contributed by atoms with Crippen LogP contribution in [0.4, 0.5) is 5.82 Å². The summed E-state index contributed by atoms with van der Waals surface area (Å²) >= 11 is 0. The van der Waals surface area contributed by atoms with E-state index in [0.29, 0.717) is 11.4 Å². The molecule has 5 nitrogen and oxygen atoms in total. The molecule has 2 heterocycles. The van der Waals surface area contributed by atoms with Gasteiger partial charge in [0.05, 0.1) is 12.1 Å². The normalized spacial score (nSPS) is 9.50. The maximum atomic E-state index is 12.2. The molecule has 0 unspecified atom stereocenters. The van der Waals surface area contributed by atoms with Crippen molar-refractivity contribution >= 4 is 11.7 Å². The van der Waals surface area contributed by atoms with E-state index in [1.807, 2.05) is 13.0 Å². The molecule has 0 saturated heterocycles. The van der Waals surface area contributed by atoms with E-state index < -0.39 is 0 Å². The van der Waals surface area contributed by atoms with Crippen LogP contribution in [0.2, 0.25) is 0 Å². The van der Waals surface area contributed by atoms with Crippen LogP contribution < -0.4 is 11.1 Å². The van der Waals surface area contributed by atoms with E-state index in [4.69, 9.17) is 5.73 Å². The van der Waals surface area contributed by atoms with Crippen LogP contribution in [0.5, 0.6) is 0 Å². The SMILES string of the molecule is Cc1ccnc(NC(=O)c2ncccc2C#CCN)c1. The molecule has 1 amide bonds. The van der Waals surface area contributed by atoms with E-state index >= 15 is 0 Å². The molecule has 3 N–H and O–H groups in total. The number of aryl methyl sites for hydroxylation is 1. The summed E-state index contributed by atoms with van der Waals surface area (Å²) in [5, 5.41) is 2.70. The lowest BCUT2D eigenvalue weighted by Gasteiger charge is -2.05. The van der Waals surface area contributed by atoms with E-state index in [1.54, 1.807) is 30.6 Å². The van der Waals surface area contributed by atoms with Crippen LogP contribution in [0.1, 0.15) is 21.6 Å². The molecule has 0 radical (unpaired) electrons. The van der Waals surface area contributed by atoms with Crippen molar-refractivity contribution in [2.24, 2.45) is 5.73 Å². The van der Waals surface area contributed by atoms with E-state index in [0.717, 1.165) is 5.56 Å². The van der Waals surface area contributed by atoms with Crippen molar-refractivity contribution in [2.75, 3.05) is 11.9 Å². The zero-order valence-corrected chi connectivity index (χ0v) is 11.1. The van der Waals surface area contributed by atoms with E-state index in [-0.39, 0.29) is 18.1 Å². The van der Waals surface area contributed by atoms with Crippen molar-refractivity contribution in [3.8, 4) is 11.8 Å². The summed E-state index contributed by atoms with van der Waals surface area (Å²) in [6, 6.07) is 7.09. The first-order valence-electron chi connectivity index (χ1n) is 6.08. The van der Waals surface area contributed by atoms with Gasteiger partial charge in [0.1, 0.15) is 11.5 Å². The molecule has 2 rings (SSSR count). The van der Waals surface area contributed by atoms with E-state index in [9.17, 15) is 4.79 Å². The third-order valence-corrected chi connectivity index (χ3v) is 2.50. The second kappa shape index (κ2) is 6.45. The molecule has 0 fully saturated rings. The number of pyridine rings is 2. The second-order valence-electron chi connectivity index (χ2n) is 4.08. The van der Waals surface area contributed by atoms with Crippen LogP contribution in [-0.2, 0) is 0 Å². The molecule has 0 atom stereocenters. The Morgan fingerprint density at radius 3 is 2.95 bits per heavy atom. The van der Waals surface area contributed by atoms with Crippen molar-refractivity contribution in [3.63, 3.8) is 0 Å². The summed E-state index contributed by atoms with van der Waals surface area (Å²) in [6.07, 6.45) is 3.19. The van der Waals surface area contributed by atoms with Gasteiger partial charge in [0.2, 0.25) is 0 Å². The first-order valence-corrected chi connectivity index (χ1v) is 6.08. The average molecular weight is 266 g/mol. The molecule has 2 aromatic heterocycles. The standard InChI is InChI=1S/C15H14N4O/c1-11-6-9-17-13(10-11)19-15(20)14-12(4-2-7-16)5-3-8-18-14/h3,5-6,8-10H,7,16H2,1H3,(H,17,19,20). The Balaban J connectivity index is 2.25. The quantitative estimate of drug-likeness (QED) is 0.804. The zero-order chi connectivity index (χ0) is 14.4. The van der Waals surface area contributed by atoms with Crippen molar-refractivity contribution in [2.45, 2.75) is 6.92 Å². The van der Waals surface area contributed by atoms with Crippen molar-refractivity contribution in [3.05, 3.63) is 53.5 Å². The first-order chi connectivity index (χ1) is 9.70. The minimum atomic E-state index is -0.343. The number of rotatable bonds is 2. The number of amides is 1. The van der Waals surface area contributed by atoms with Gasteiger partial charge in [0.15, 0.2) is 0 Å². The minimum absolute atomic E-state index is 0.232. The molecule has 20 heavy (non-hydrogen) atoms. The Labute approximate surface area is 117 Å². The number of hydrogen-bond donors (Lipinski definition) is 2. The molecule has 0 bridgehead atoms. The first kappa shape index (κ1) is 13.7. The van der Waals surface area contributed by atoms with Crippen molar-refractivity contribution < 1.29 is 4.79 Å². The van der Waals surface area contributed by atoms with Gasteiger partial charge in [-0.1, -0.05) is 11.8 Å². The average Bonchev–Trinajstić information content (AvgIpc) is 2.45. The monoisotopic (exact) mass is 266 g/mol. The summed E-state index contributed by atoms with van der Waals surface area (Å²) in [6.45, 7) is 2.16. The molecule has 5 heteroatoms. The topological polar surface area (TPSA) is 80.9 Å². The number of anilines is 1. The molecular weight excluding hydrogens is 252 g/mol. The fourth-order valence-corrected chi connectivity index (χ4v) is 1.61. The Bertz CT molecular complexity index is 686. The van der Waals surface area contributed by atoms with Gasteiger partial charge in [-0.15, -0.1) is 0 Å². The smallest absolute Gasteiger partial charge is 0.276 e. The summed E-state index contributed by atoms with van der Waals surface area (Å²) in [5.74, 6) is 5.69. The maximum absolute atomic E-state index is 12.2. The number of nitrogens with zero attached hydrogens (tertiary/aromatic N) is 2. The van der Waals surface area contributed by atoms with Gasteiger partial charge in [0.25, 0.3) is 5.91 Å². The van der Waals surface area contributed by atoms with Gasteiger partial charge in [-0.2, -0.15) is 0 Å². The predicted molar refractivity (Wildman–Crippen MR) is 77.1 cm³/mol. The summed E-state index contributed by atoms with van der Waals surface area (Å²) in [7, 11) is 0. The van der Waals surface area contributed by atoms with E-state index in [1.165, 1.54) is 0 Å².